The third-order valence-corrected chi connectivity index (χ3v) is 5.53. The molecule has 0 aliphatic carbocycles. The van der Waals surface area contributed by atoms with Gasteiger partial charge in [-0.25, -0.2) is 0 Å². The Hall–Kier alpha value is -2.57. The van der Waals surface area contributed by atoms with Crippen molar-refractivity contribution in [2.75, 3.05) is 56.5 Å². The minimum absolute atomic E-state index is 0.0229. The van der Waals surface area contributed by atoms with E-state index in [1.54, 1.807) is 7.05 Å². The first-order chi connectivity index (χ1) is 13.9. The van der Waals surface area contributed by atoms with Gasteiger partial charge in [0.1, 0.15) is 0 Å². The van der Waals surface area contributed by atoms with E-state index in [1.165, 1.54) is 9.80 Å². The molecule has 1 heterocycles. The van der Waals surface area contributed by atoms with Gasteiger partial charge in [-0.2, -0.15) is 0 Å². The summed E-state index contributed by atoms with van der Waals surface area (Å²) in [6.45, 7) is 5.86. The van der Waals surface area contributed by atoms with Gasteiger partial charge in [0.15, 0.2) is 6.54 Å². The fourth-order valence-electron chi connectivity index (χ4n) is 3.44. The van der Waals surface area contributed by atoms with Gasteiger partial charge in [-0.15, -0.1) is 0 Å². The lowest BCUT2D eigenvalue weighted by molar-refractivity contribution is -0.892. The summed E-state index contributed by atoms with van der Waals surface area (Å²) < 4.78 is 0. The summed E-state index contributed by atoms with van der Waals surface area (Å²) in [5.41, 5.74) is 2.92. The lowest BCUT2D eigenvalue weighted by Gasteiger charge is -2.34. The van der Waals surface area contributed by atoms with Crippen LogP contribution in [0.15, 0.2) is 48.5 Å². The van der Waals surface area contributed by atoms with Crippen LogP contribution in [-0.4, -0.2) is 63.0 Å². The fraction of sp³-hybridized carbons (Fsp3) is 0.364. The Kier molecular flexibility index (Phi) is 7.12. The number of rotatable bonds is 6. The van der Waals surface area contributed by atoms with Crippen LogP contribution in [0.2, 0.25) is 5.02 Å². The van der Waals surface area contributed by atoms with Gasteiger partial charge in [0.05, 0.1) is 43.4 Å². The molecule has 0 spiro atoms. The maximum absolute atomic E-state index is 12.5. The molecule has 1 fully saturated rings. The van der Waals surface area contributed by atoms with Gasteiger partial charge < -0.3 is 20.0 Å². The normalized spacial score (nSPS) is 14.5. The second-order valence-corrected chi connectivity index (χ2v) is 7.94. The van der Waals surface area contributed by atoms with Gasteiger partial charge >= 0.3 is 0 Å². The number of nitrogens with one attached hydrogen (secondary N) is 2. The van der Waals surface area contributed by atoms with Crippen LogP contribution < -0.4 is 15.1 Å². The molecule has 7 heteroatoms. The summed E-state index contributed by atoms with van der Waals surface area (Å²) in [7, 11) is 1.68. The second-order valence-electron chi connectivity index (χ2n) is 7.53. The molecule has 2 amide bonds. The fourth-order valence-corrected chi connectivity index (χ4v) is 3.69. The first kappa shape index (κ1) is 21.1. The highest BCUT2D eigenvalue weighted by molar-refractivity contribution is 6.33. The van der Waals surface area contributed by atoms with Crippen molar-refractivity contribution in [3.63, 3.8) is 0 Å². The zero-order valence-corrected chi connectivity index (χ0v) is 17.7. The highest BCUT2D eigenvalue weighted by atomic mass is 35.5. The van der Waals surface area contributed by atoms with Crippen molar-refractivity contribution in [2.24, 2.45) is 0 Å². The number of carbonyl (C=O) groups is 2. The van der Waals surface area contributed by atoms with Crippen molar-refractivity contribution >= 4 is 34.8 Å². The molecule has 0 radical (unpaired) electrons. The van der Waals surface area contributed by atoms with Crippen molar-refractivity contribution in [3.05, 3.63) is 59.1 Å². The van der Waals surface area contributed by atoms with Crippen LogP contribution in [-0.2, 0) is 9.59 Å². The average Bonchev–Trinajstić information content (AvgIpc) is 2.71. The minimum atomic E-state index is -0.191. The SMILES string of the molecule is Cc1ccc(NC(=O)CN(C)C(=O)C[NH+]2CCN(c3ccccc3Cl)CC2)cc1. The number of carbonyl (C=O) groups excluding carboxylic acids is 2. The van der Waals surface area contributed by atoms with E-state index in [1.807, 2.05) is 55.5 Å². The predicted molar refractivity (Wildman–Crippen MR) is 117 cm³/mol. The topological polar surface area (TPSA) is 57.1 Å². The minimum Gasteiger partial charge on any atom is -0.359 e. The van der Waals surface area contributed by atoms with E-state index >= 15 is 0 Å². The Balaban J connectivity index is 1.43. The number of quaternary nitrogens is 1. The molecule has 29 heavy (non-hydrogen) atoms. The lowest BCUT2D eigenvalue weighted by atomic mass is 10.2. The quantitative estimate of drug-likeness (QED) is 0.750. The zero-order chi connectivity index (χ0) is 20.8. The number of piperazine rings is 1. The van der Waals surface area contributed by atoms with Gasteiger partial charge in [-0.3, -0.25) is 9.59 Å². The molecule has 1 saturated heterocycles. The monoisotopic (exact) mass is 415 g/mol. The molecular formula is C22H28ClN4O2+. The van der Waals surface area contributed by atoms with Crippen molar-refractivity contribution < 1.29 is 14.5 Å². The van der Waals surface area contributed by atoms with Crippen LogP contribution in [0.25, 0.3) is 0 Å². The van der Waals surface area contributed by atoms with Crippen molar-refractivity contribution in [1.82, 2.24) is 4.90 Å². The van der Waals surface area contributed by atoms with Gasteiger partial charge in [-0.1, -0.05) is 41.4 Å². The Labute approximate surface area is 177 Å². The summed E-state index contributed by atoms with van der Waals surface area (Å²) in [5, 5.41) is 3.58. The van der Waals surface area contributed by atoms with Gasteiger partial charge in [0.25, 0.3) is 5.91 Å². The summed E-state index contributed by atoms with van der Waals surface area (Å²) >= 11 is 6.29. The maximum atomic E-state index is 12.5. The first-order valence-corrected chi connectivity index (χ1v) is 10.2. The number of amides is 2. The molecule has 0 unspecified atom stereocenters. The summed E-state index contributed by atoms with van der Waals surface area (Å²) in [6.07, 6.45) is 0. The standard InChI is InChI=1S/C22H27ClN4O2/c1-17-7-9-18(10-8-17)24-21(28)15-25(2)22(29)16-26-11-13-27(14-12-26)20-6-4-3-5-19(20)23/h3-10H,11-16H2,1-2H3,(H,24,28)/p+1. The third-order valence-electron chi connectivity index (χ3n) is 5.21. The molecule has 2 aromatic carbocycles. The molecule has 1 aliphatic rings. The van der Waals surface area contributed by atoms with E-state index in [0.717, 1.165) is 48.1 Å². The number of aryl methyl sites for hydroxylation is 1. The molecule has 3 rings (SSSR count). The molecule has 154 valence electrons. The number of benzene rings is 2. The Bertz CT molecular complexity index is 848. The number of nitrogens with zero attached hydrogens (tertiary/aromatic N) is 2. The number of hydrogen-bond donors (Lipinski definition) is 2. The predicted octanol–water partition coefficient (Wildman–Crippen LogP) is 1.45. The number of anilines is 2. The summed E-state index contributed by atoms with van der Waals surface area (Å²) in [4.78, 5) is 29.7. The van der Waals surface area contributed by atoms with E-state index in [9.17, 15) is 9.59 Å². The van der Waals surface area contributed by atoms with E-state index in [-0.39, 0.29) is 18.4 Å². The molecule has 2 N–H and O–H groups in total. The molecule has 1 aliphatic heterocycles. The lowest BCUT2D eigenvalue weighted by Crippen LogP contribution is -3.15. The van der Waals surface area contributed by atoms with E-state index in [0.29, 0.717) is 6.54 Å². The molecule has 0 bridgehead atoms. The summed E-state index contributed by atoms with van der Waals surface area (Å²) in [6, 6.07) is 15.4. The third kappa shape index (κ3) is 5.95. The number of halogens is 1. The number of likely N-dealkylation sites (N-methyl/N-ethyl adjacent to an activating group) is 1. The van der Waals surface area contributed by atoms with Crippen LogP contribution >= 0.6 is 11.6 Å². The van der Waals surface area contributed by atoms with Crippen LogP contribution in [0.1, 0.15) is 5.56 Å². The zero-order valence-electron chi connectivity index (χ0n) is 17.0. The molecule has 0 atom stereocenters. The van der Waals surface area contributed by atoms with Crippen LogP contribution in [0.3, 0.4) is 0 Å². The molecule has 6 nitrogen and oxygen atoms in total. The van der Waals surface area contributed by atoms with Gasteiger partial charge in [-0.05, 0) is 31.2 Å². The molecule has 0 aromatic heterocycles. The van der Waals surface area contributed by atoms with Gasteiger partial charge in [0, 0.05) is 12.7 Å². The van der Waals surface area contributed by atoms with Crippen LogP contribution in [0.5, 0.6) is 0 Å². The van der Waals surface area contributed by atoms with E-state index in [2.05, 4.69) is 10.2 Å². The Morgan fingerprint density at radius 3 is 2.41 bits per heavy atom. The Morgan fingerprint density at radius 1 is 1.10 bits per heavy atom. The van der Waals surface area contributed by atoms with E-state index in [4.69, 9.17) is 11.6 Å². The largest absolute Gasteiger partial charge is 0.359 e. The number of para-hydroxylation sites is 1. The number of hydrogen-bond acceptors (Lipinski definition) is 3. The van der Waals surface area contributed by atoms with Crippen molar-refractivity contribution in [2.45, 2.75) is 6.92 Å². The maximum Gasteiger partial charge on any atom is 0.277 e. The second kappa shape index (κ2) is 9.76. The highest BCUT2D eigenvalue weighted by Crippen LogP contribution is 2.24. The van der Waals surface area contributed by atoms with E-state index < -0.39 is 0 Å². The van der Waals surface area contributed by atoms with Crippen LogP contribution in [0.4, 0.5) is 11.4 Å². The van der Waals surface area contributed by atoms with Crippen LogP contribution in [0, 0.1) is 6.92 Å². The Morgan fingerprint density at radius 2 is 1.76 bits per heavy atom. The summed E-state index contributed by atoms with van der Waals surface area (Å²) in [5.74, 6) is -0.214. The average molecular weight is 416 g/mol. The molecule has 2 aromatic rings. The molecular weight excluding hydrogens is 388 g/mol. The highest BCUT2D eigenvalue weighted by Gasteiger charge is 2.25. The smallest absolute Gasteiger partial charge is 0.277 e. The van der Waals surface area contributed by atoms with Gasteiger partial charge in [0.2, 0.25) is 5.91 Å². The van der Waals surface area contributed by atoms with Crippen molar-refractivity contribution in [3.8, 4) is 0 Å². The molecule has 0 saturated carbocycles. The van der Waals surface area contributed by atoms with Crippen molar-refractivity contribution in [1.29, 1.82) is 0 Å². The first-order valence-electron chi connectivity index (χ1n) is 9.86.